The molecule has 3 atom stereocenters. The Balaban J connectivity index is 1.43. The van der Waals surface area contributed by atoms with Gasteiger partial charge >= 0.3 is 0 Å². The van der Waals surface area contributed by atoms with Crippen LogP contribution < -0.4 is 5.73 Å². The molecule has 0 bridgehead atoms. The molecule has 1 saturated carbocycles. The molecule has 0 aromatic carbocycles. The molecule has 0 spiro atoms. The molecule has 2 heterocycles. The summed E-state index contributed by atoms with van der Waals surface area (Å²) in [6, 6.07) is 1.37. The number of piperidine rings is 1. The maximum absolute atomic E-state index is 6.17. The van der Waals surface area contributed by atoms with Crippen LogP contribution in [0, 0.1) is 5.92 Å². The molecule has 1 aliphatic carbocycles. The molecule has 0 amide bonds. The van der Waals surface area contributed by atoms with E-state index in [9.17, 15) is 0 Å². The van der Waals surface area contributed by atoms with Crippen LogP contribution in [0.5, 0.6) is 0 Å². The van der Waals surface area contributed by atoms with Crippen LogP contribution in [0.15, 0.2) is 0 Å². The van der Waals surface area contributed by atoms with Crippen molar-refractivity contribution in [1.29, 1.82) is 0 Å². The Morgan fingerprint density at radius 2 is 1.89 bits per heavy atom. The molecule has 2 N–H and O–H groups in total. The van der Waals surface area contributed by atoms with Gasteiger partial charge in [0, 0.05) is 31.7 Å². The fraction of sp³-hybridized carbons (Fsp3) is 1.00. The molecule has 3 fully saturated rings. The van der Waals surface area contributed by atoms with Crippen molar-refractivity contribution < 1.29 is 0 Å². The van der Waals surface area contributed by atoms with Crippen molar-refractivity contribution in [1.82, 2.24) is 9.80 Å². The first kappa shape index (κ1) is 12.9. The van der Waals surface area contributed by atoms with Crippen LogP contribution in [0.1, 0.15) is 44.9 Å². The minimum Gasteiger partial charge on any atom is -0.327 e. The van der Waals surface area contributed by atoms with E-state index >= 15 is 0 Å². The smallest absolute Gasteiger partial charge is 0.0223 e. The highest BCUT2D eigenvalue weighted by Crippen LogP contribution is 2.28. The second kappa shape index (κ2) is 5.89. The Labute approximate surface area is 112 Å². The summed E-state index contributed by atoms with van der Waals surface area (Å²) in [7, 11) is 0. The Morgan fingerprint density at radius 3 is 2.72 bits per heavy atom. The largest absolute Gasteiger partial charge is 0.327 e. The molecule has 3 heteroatoms. The highest BCUT2D eigenvalue weighted by Gasteiger charge is 2.30. The van der Waals surface area contributed by atoms with Crippen molar-refractivity contribution in [2.75, 3.05) is 32.7 Å². The van der Waals surface area contributed by atoms with Crippen molar-refractivity contribution in [3.8, 4) is 0 Å². The second-order valence-corrected chi connectivity index (χ2v) is 6.63. The molecule has 3 aliphatic rings. The molecule has 18 heavy (non-hydrogen) atoms. The standard InChI is InChI=1S/C15H29N3/c16-15-6-3-4-13(15)7-9-17-10-11-18-8-2-1-5-14(18)12-17/h13-15H,1-12,16H2. The van der Waals surface area contributed by atoms with Gasteiger partial charge in [-0.3, -0.25) is 4.90 Å². The molecule has 104 valence electrons. The van der Waals surface area contributed by atoms with Crippen LogP contribution in [0.3, 0.4) is 0 Å². The summed E-state index contributed by atoms with van der Waals surface area (Å²) in [6.07, 6.45) is 9.65. The molecule has 3 unspecified atom stereocenters. The van der Waals surface area contributed by atoms with Crippen molar-refractivity contribution in [2.45, 2.75) is 57.0 Å². The number of hydrogen-bond acceptors (Lipinski definition) is 3. The summed E-state index contributed by atoms with van der Waals surface area (Å²) < 4.78 is 0. The van der Waals surface area contributed by atoms with E-state index in [1.807, 2.05) is 0 Å². The topological polar surface area (TPSA) is 32.5 Å². The van der Waals surface area contributed by atoms with Crippen molar-refractivity contribution in [3.63, 3.8) is 0 Å². The first-order valence-corrected chi connectivity index (χ1v) is 8.05. The van der Waals surface area contributed by atoms with E-state index in [1.165, 1.54) is 77.7 Å². The number of nitrogens with two attached hydrogens (primary N) is 1. The van der Waals surface area contributed by atoms with Crippen LogP contribution in [0.25, 0.3) is 0 Å². The molecule has 2 aliphatic heterocycles. The van der Waals surface area contributed by atoms with Gasteiger partial charge in [0.1, 0.15) is 0 Å². The third-order valence-electron chi connectivity index (χ3n) is 5.46. The van der Waals surface area contributed by atoms with Gasteiger partial charge < -0.3 is 10.6 Å². The van der Waals surface area contributed by atoms with Gasteiger partial charge in [0.25, 0.3) is 0 Å². The van der Waals surface area contributed by atoms with Gasteiger partial charge in [0.2, 0.25) is 0 Å². The van der Waals surface area contributed by atoms with Crippen molar-refractivity contribution >= 4 is 0 Å². The van der Waals surface area contributed by atoms with Gasteiger partial charge in [-0.25, -0.2) is 0 Å². The highest BCUT2D eigenvalue weighted by atomic mass is 15.3. The fourth-order valence-electron chi connectivity index (χ4n) is 4.20. The predicted molar refractivity (Wildman–Crippen MR) is 75.6 cm³/mol. The van der Waals surface area contributed by atoms with Gasteiger partial charge in [-0.1, -0.05) is 12.8 Å². The third-order valence-corrected chi connectivity index (χ3v) is 5.46. The third kappa shape index (κ3) is 2.89. The van der Waals surface area contributed by atoms with Gasteiger partial charge in [-0.05, 0) is 51.1 Å². The zero-order valence-corrected chi connectivity index (χ0v) is 11.7. The molecule has 3 nitrogen and oxygen atoms in total. The van der Waals surface area contributed by atoms with Gasteiger partial charge in [0.05, 0.1) is 0 Å². The number of piperazine rings is 1. The lowest BCUT2D eigenvalue weighted by molar-refractivity contribution is 0.0466. The Morgan fingerprint density at radius 1 is 0.944 bits per heavy atom. The Kier molecular flexibility index (Phi) is 4.22. The summed E-state index contributed by atoms with van der Waals surface area (Å²) in [5.41, 5.74) is 6.17. The van der Waals surface area contributed by atoms with Crippen LogP contribution >= 0.6 is 0 Å². The van der Waals surface area contributed by atoms with Gasteiger partial charge in [0.15, 0.2) is 0 Å². The van der Waals surface area contributed by atoms with Crippen LogP contribution in [0.4, 0.5) is 0 Å². The number of fused-ring (bicyclic) bond motifs is 1. The van der Waals surface area contributed by atoms with E-state index in [0.29, 0.717) is 6.04 Å². The monoisotopic (exact) mass is 251 g/mol. The number of hydrogen-bond donors (Lipinski definition) is 1. The number of rotatable bonds is 3. The lowest BCUT2D eigenvalue weighted by Crippen LogP contribution is -2.55. The van der Waals surface area contributed by atoms with E-state index in [-0.39, 0.29) is 0 Å². The average molecular weight is 251 g/mol. The van der Waals surface area contributed by atoms with E-state index in [1.54, 1.807) is 0 Å². The fourth-order valence-corrected chi connectivity index (χ4v) is 4.20. The predicted octanol–water partition coefficient (Wildman–Crippen LogP) is 1.67. The van der Waals surface area contributed by atoms with E-state index in [0.717, 1.165) is 12.0 Å². The quantitative estimate of drug-likeness (QED) is 0.828. The van der Waals surface area contributed by atoms with E-state index < -0.39 is 0 Å². The van der Waals surface area contributed by atoms with Crippen molar-refractivity contribution in [3.05, 3.63) is 0 Å². The number of nitrogens with zero attached hydrogens (tertiary/aromatic N) is 2. The SMILES string of the molecule is NC1CCCC1CCN1CCN2CCCCC2C1. The second-order valence-electron chi connectivity index (χ2n) is 6.63. The molecule has 2 saturated heterocycles. The molecular formula is C15H29N3. The maximum atomic E-state index is 6.17. The summed E-state index contributed by atoms with van der Waals surface area (Å²) in [4.78, 5) is 5.43. The first-order chi connectivity index (χ1) is 8.83. The summed E-state index contributed by atoms with van der Waals surface area (Å²) in [5, 5.41) is 0. The highest BCUT2D eigenvalue weighted by molar-refractivity contribution is 4.86. The molecule has 0 aromatic rings. The van der Waals surface area contributed by atoms with Gasteiger partial charge in [-0.2, -0.15) is 0 Å². The molecule has 3 rings (SSSR count). The Bertz CT molecular complexity index is 268. The van der Waals surface area contributed by atoms with Crippen LogP contribution in [-0.2, 0) is 0 Å². The summed E-state index contributed by atoms with van der Waals surface area (Å²) in [6.45, 7) is 6.57. The molecule has 0 radical (unpaired) electrons. The van der Waals surface area contributed by atoms with Crippen molar-refractivity contribution in [2.24, 2.45) is 11.7 Å². The molecular weight excluding hydrogens is 222 g/mol. The summed E-state index contributed by atoms with van der Waals surface area (Å²) >= 11 is 0. The van der Waals surface area contributed by atoms with Crippen LogP contribution in [-0.4, -0.2) is 54.6 Å². The zero-order valence-electron chi connectivity index (χ0n) is 11.7. The van der Waals surface area contributed by atoms with E-state index in [2.05, 4.69) is 9.80 Å². The van der Waals surface area contributed by atoms with E-state index in [4.69, 9.17) is 5.73 Å². The minimum atomic E-state index is 0.501. The summed E-state index contributed by atoms with van der Waals surface area (Å²) in [5.74, 6) is 0.814. The zero-order chi connectivity index (χ0) is 12.4. The average Bonchev–Trinajstić information content (AvgIpc) is 2.82. The first-order valence-electron chi connectivity index (χ1n) is 8.05. The lowest BCUT2D eigenvalue weighted by Gasteiger charge is -2.44. The normalized spacial score (nSPS) is 38.8. The lowest BCUT2D eigenvalue weighted by atomic mass is 9.97. The molecule has 0 aromatic heterocycles. The van der Waals surface area contributed by atoms with Crippen LogP contribution in [0.2, 0.25) is 0 Å². The minimum absolute atomic E-state index is 0.501. The maximum Gasteiger partial charge on any atom is 0.0223 e. The Hall–Kier alpha value is -0.120. The van der Waals surface area contributed by atoms with Gasteiger partial charge in [-0.15, -0.1) is 0 Å².